The van der Waals surface area contributed by atoms with E-state index in [9.17, 15) is 0 Å². The molecule has 5 rings (SSSR count). The first kappa shape index (κ1) is 22.1. The van der Waals surface area contributed by atoms with Crippen LogP contribution in [0, 0.1) is 5.92 Å². The summed E-state index contributed by atoms with van der Waals surface area (Å²) in [7, 11) is -1.88. The quantitative estimate of drug-likeness (QED) is 0.301. The van der Waals surface area contributed by atoms with Crippen LogP contribution >= 0.6 is 0 Å². The molecule has 0 radical (unpaired) electrons. The Labute approximate surface area is 199 Å². The molecule has 0 aliphatic carbocycles. The summed E-state index contributed by atoms with van der Waals surface area (Å²) in [5, 5.41) is 5.71. The van der Waals surface area contributed by atoms with E-state index >= 15 is 0 Å². The Morgan fingerprint density at radius 1 is 0.879 bits per heavy atom. The SMILES string of the molecule is CC(C)Cc1ccc2c(c1)[Si](C)(C)c1c-2ccnc1-c1cc(C(C)(C)C)c2ccccc2c1. The van der Waals surface area contributed by atoms with E-state index in [-0.39, 0.29) is 5.41 Å². The van der Waals surface area contributed by atoms with Gasteiger partial charge in [0, 0.05) is 11.8 Å². The third kappa shape index (κ3) is 3.65. The highest BCUT2D eigenvalue weighted by molar-refractivity contribution is 7.04. The van der Waals surface area contributed by atoms with E-state index in [2.05, 4.69) is 108 Å². The molecule has 4 aromatic rings. The van der Waals surface area contributed by atoms with E-state index in [0.717, 1.165) is 6.42 Å². The molecule has 0 fully saturated rings. The molecule has 0 saturated carbocycles. The molecule has 3 aromatic carbocycles. The first-order chi connectivity index (χ1) is 15.6. The molecule has 0 spiro atoms. The fourth-order valence-electron chi connectivity index (χ4n) is 5.68. The highest BCUT2D eigenvalue weighted by atomic mass is 28.3. The van der Waals surface area contributed by atoms with Gasteiger partial charge in [-0.25, -0.2) is 0 Å². The Kier molecular flexibility index (Phi) is 5.13. The van der Waals surface area contributed by atoms with Gasteiger partial charge in [-0.1, -0.05) is 90.2 Å². The molecule has 1 aliphatic rings. The van der Waals surface area contributed by atoms with Crippen molar-refractivity contribution in [3.63, 3.8) is 0 Å². The van der Waals surface area contributed by atoms with Gasteiger partial charge < -0.3 is 0 Å². The highest BCUT2D eigenvalue weighted by Crippen LogP contribution is 2.37. The lowest BCUT2D eigenvalue weighted by Crippen LogP contribution is -2.50. The maximum absolute atomic E-state index is 5.03. The lowest BCUT2D eigenvalue weighted by Gasteiger charge is -2.25. The summed E-state index contributed by atoms with van der Waals surface area (Å²) >= 11 is 0. The molecule has 0 bridgehead atoms. The van der Waals surface area contributed by atoms with Crippen molar-refractivity contribution in [2.75, 3.05) is 0 Å². The summed E-state index contributed by atoms with van der Waals surface area (Å²) in [5.41, 5.74) is 8.18. The molecule has 168 valence electrons. The largest absolute Gasteiger partial charge is 0.256 e. The second-order valence-corrected chi connectivity index (χ2v) is 16.0. The molecule has 0 unspecified atom stereocenters. The van der Waals surface area contributed by atoms with Gasteiger partial charge in [0.1, 0.15) is 8.07 Å². The average molecular weight is 450 g/mol. The van der Waals surface area contributed by atoms with Gasteiger partial charge in [0.2, 0.25) is 0 Å². The Balaban J connectivity index is 1.74. The van der Waals surface area contributed by atoms with Gasteiger partial charge in [-0.15, -0.1) is 0 Å². The standard InChI is InChI=1S/C31H35NSi/c1-20(2)16-21-12-13-25-26-14-15-32-29(30(26)33(6,7)28(25)17-21)23-18-22-10-8-9-11-24(22)27(19-23)31(3,4)5/h8-15,17-20H,16H2,1-7H3. The molecule has 0 amide bonds. The van der Waals surface area contributed by atoms with E-state index < -0.39 is 8.07 Å². The summed E-state index contributed by atoms with van der Waals surface area (Å²) in [6, 6.07) is 23.0. The molecule has 0 atom stereocenters. The number of pyridine rings is 1. The number of hydrogen-bond acceptors (Lipinski definition) is 1. The van der Waals surface area contributed by atoms with E-state index in [1.807, 2.05) is 6.20 Å². The van der Waals surface area contributed by atoms with Crippen LogP contribution < -0.4 is 10.4 Å². The van der Waals surface area contributed by atoms with E-state index in [1.54, 1.807) is 5.19 Å². The van der Waals surface area contributed by atoms with Crippen molar-refractivity contribution >= 4 is 29.2 Å². The summed E-state index contributed by atoms with van der Waals surface area (Å²) in [4.78, 5) is 5.03. The van der Waals surface area contributed by atoms with Crippen LogP contribution in [0.25, 0.3) is 33.2 Å². The van der Waals surface area contributed by atoms with Gasteiger partial charge in [-0.2, -0.15) is 0 Å². The monoisotopic (exact) mass is 449 g/mol. The van der Waals surface area contributed by atoms with E-state index in [1.165, 1.54) is 49.5 Å². The predicted molar refractivity (Wildman–Crippen MR) is 147 cm³/mol. The summed E-state index contributed by atoms with van der Waals surface area (Å²) in [6.07, 6.45) is 3.15. The number of aromatic nitrogens is 1. The number of benzene rings is 3. The van der Waals surface area contributed by atoms with Crippen molar-refractivity contribution in [2.24, 2.45) is 5.92 Å². The van der Waals surface area contributed by atoms with Crippen LogP contribution in [-0.2, 0) is 11.8 Å². The van der Waals surface area contributed by atoms with Crippen molar-refractivity contribution in [3.8, 4) is 22.4 Å². The number of nitrogens with zero attached hydrogens (tertiary/aromatic N) is 1. The van der Waals surface area contributed by atoms with Crippen LogP contribution in [0.5, 0.6) is 0 Å². The smallest absolute Gasteiger partial charge is 0.116 e. The maximum atomic E-state index is 5.03. The second-order valence-electron chi connectivity index (χ2n) is 11.7. The normalized spacial score (nSPS) is 14.5. The second kappa shape index (κ2) is 7.67. The van der Waals surface area contributed by atoms with Gasteiger partial charge in [-0.05, 0) is 79.4 Å². The molecular weight excluding hydrogens is 414 g/mol. The molecule has 1 aliphatic heterocycles. The molecule has 2 heterocycles. The molecule has 1 aromatic heterocycles. The Morgan fingerprint density at radius 3 is 2.36 bits per heavy atom. The summed E-state index contributed by atoms with van der Waals surface area (Å²) < 4.78 is 0. The van der Waals surface area contributed by atoms with Gasteiger partial charge in [-0.3, -0.25) is 4.98 Å². The Hall–Kier alpha value is -2.71. The highest BCUT2D eigenvalue weighted by Gasteiger charge is 2.40. The Morgan fingerprint density at radius 2 is 1.64 bits per heavy atom. The maximum Gasteiger partial charge on any atom is 0.116 e. The molecule has 2 heteroatoms. The topological polar surface area (TPSA) is 12.9 Å². The number of rotatable bonds is 3. The summed E-state index contributed by atoms with van der Waals surface area (Å²) in [6.45, 7) is 16.6. The zero-order valence-electron chi connectivity index (χ0n) is 21.1. The van der Waals surface area contributed by atoms with Crippen LogP contribution in [0.15, 0.2) is 66.9 Å². The van der Waals surface area contributed by atoms with Gasteiger partial charge in [0.05, 0.1) is 5.69 Å². The van der Waals surface area contributed by atoms with Crippen molar-refractivity contribution in [1.29, 1.82) is 0 Å². The number of fused-ring (bicyclic) bond motifs is 4. The fraction of sp³-hybridized carbons (Fsp3) is 0.323. The minimum atomic E-state index is -1.88. The van der Waals surface area contributed by atoms with Crippen molar-refractivity contribution in [1.82, 2.24) is 4.98 Å². The molecule has 0 N–H and O–H groups in total. The zero-order chi connectivity index (χ0) is 23.5. The molecule has 1 nitrogen and oxygen atoms in total. The Bertz CT molecular complexity index is 1370. The minimum absolute atomic E-state index is 0.0647. The molecule has 0 saturated heterocycles. The van der Waals surface area contributed by atoms with Crippen LogP contribution in [-0.4, -0.2) is 13.1 Å². The summed E-state index contributed by atoms with van der Waals surface area (Å²) in [5.74, 6) is 0.669. The third-order valence-corrected chi connectivity index (χ3v) is 10.7. The van der Waals surface area contributed by atoms with Crippen LogP contribution in [0.2, 0.25) is 13.1 Å². The van der Waals surface area contributed by atoms with Crippen LogP contribution in [0.1, 0.15) is 45.7 Å². The third-order valence-electron chi connectivity index (χ3n) is 7.21. The van der Waals surface area contributed by atoms with Gasteiger partial charge in [0.25, 0.3) is 0 Å². The van der Waals surface area contributed by atoms with Gasteiger partial charge >= 0.3 is 0 Å². The minimum Gasteiger partial charge on any atom is -0.256 e. The average Bonchev–Trinajstić information content (AvgIpc) is 2.99. The van der Waals surface area contributed by atoms with E-state index in [0.29, 0.717) is 5.92 Å². The fourth-order valence-corrected chi connectivity index (χ4v) is 9.08. The van der Waals surface area contributed by atoms with Crippen LogP contribution in [0.3, 0.4) is 0 Å². The predicted octanol–water partition coefficient (Wildman–Crippen LogP) is 7.20. The first-order valence-corrected chi connectivity index (χ1v) is 15.2. The van der Waals surface area contributed by atoms with Crippen molar-refractivity contribution < 1.29 is 0 Å². The molecular formula is C31H35NSi. The molecule has 33 heavy (non-hydrogen) atoms. The lowest BCUT2D eigenvalue weighted by atomic mass is 9.82. The lowest BCUT2D eigenvalue weighted by molar-refractivity contribution is 0.596. The van der Waals surface area contributed by atoms with Gasteiger partial charge in [0.15, 0.2) is 0 Å². The van der Waals surface area contributed by atoms with E-state index in [4.69, 9.17) is 4.98 Å². The zero-order valence-corrected chi connectivity index (χ0v) is 22.1. The first-order valence-electron chi connectivity index (χ1n) is 12.2. The van der Waals surface area contributed by atoms with Crippen molar-refractivity contribution in [2.45, 2.75) is 59.5 Å². The van der Waals surface area contributed by atoms with Crippen molar-refractivity contribution in [3.05, 3.63) is 78.0 Å². The van der Waals surface area contributed by atoms with Crippen LogP contribution in [0.4, 0.5) is 0 Å². The number of hydrogen-bond donors (Lipinski definition) is 0.